The van der Waals surface area contributed by atoms with Gasteiger partial charge in [-0.3, -0.25) is 0 Å². The molecule has 0 saturated carbocycles. The average molecular weight is 313 g/mol. The number of aliphatic carboxylic acids is 1. The zero-order valence-electron chi connectivity index (χ0n) is 12.7. The Labute approximate surface area is 134 Å². The lowest BCUT2D eigenvalue weighted by molar-refractivity contribution is -0.138. The third-order valence-corrected chi connectivity index (χ3v) is 4.94. The van der Waals surface area contributed by atoms with Crippen molar-refractivity contribution < 1.29 is 9.90 Å². The van der Waals surface area contributed by atoms with Crippen molar-refractivity contribution in [1.29, 1.82) is 0 Å². The molecule has 0 spiro atoms. The molecule has 22 heavy (non-hydrogen) atoms. The topological polar surface area (TPSA) is 49.3 Å². The van der Waals surface area contributed by atoms with Crippen LogP contribution in [0, 0.1) is 6.92 Å². The predicted octanol–water partition coefficient (Wildman–Crippen LogP) is 4.12. The zero-order chi connectivity index (χ0) is 15.7. The first kappa shape index (κ1) is 15.0. The van der Waals surface area contributed by atoms with Gasteiger partial charge in [-0.15, -0.1) is 11.8 Å². The molecule has 0 bridgehead atoms. The third-order valence-electron chi connectivity index (χ3n) is 4.20. The number of carbonyl (C=O) groups is 1. The van der Waals surface area contributed by atoms with Crippen LogP contribution in [0.3, 0.4) is 0 Å². The smallest absolute Gasteiger partial charge is 0.326 e. The van der Waals surface area contributed by atoms with Crippen LogP contribution in [0.2, 0.25) is 0 Å². The molecular weight excluding hydrogens is 294 g/mol. The van der Waals surface area contributed by atoms with E-state index in [1.807, 2.05) is 12.1 Å². The maximum absolute atomic E-state index is 11.4. The summed E-state index contributed by atoms with van der Waals surface area (Å²) in [6.45, 7) is 2.07. The molecule has 2 aromatic carbocycles. The Morgan fingerprint density at radius 3 is 2.59 bits per heavy atom. The highest BCUT2D eigenvalue weighted by Crippen LogP contribution is 2.39. The number of thioether (sulfide) groups is 1. The molecule has 1 aliphatic rings. The van der Waals surface area contributed by atoms with E-state index in [9.17, 15) is 9.90 Å². The first-order valence-electron chi connectivity index (χ1n) is 7.32. The van der Waals surface area contributed by atoms with Gasteiger partial charge >= 0.3 is 5.97 Å². The van der Waals surface area contributed by atoms with Crippen molar-refractivity contribution in [3.05, 3.63) is 59.2 Å². The van der Waals surface area contributed by atoms with Gasteiger partial charge in [0.05, 0.1) is 0 Å². The van der Waals surface area contributed by atoms with E-state index in [2.05, 4.69) is 48.8 Å². The van der Waals surface area contributed by atoms with Gasteiger partial charge in [0, 0.05) is 16.5 Å². The molecule has 2 unspecified atom stereocenters. The van der Waals surface area contributed by atoms with Crippen molar-refractivity contribution in [1.82, 2.24) is 0 Å². The fourth-order valence-electron chi connectivity index (χ4n) is 3.03. The number of nitrogens with one attached hydrogen (secondary N) is 1. The van der Waals surface area contributed by atoms with E-state index in [0.29, 0.717) is 6.42 Å². The fourth-order valence-corrected chi connectivity index (χ4v) is 3.43. The quantitative estimate of drug-likeness (QED) is 0.837. The molecule has 1 heterocycles. The monoisotopic (exact) mass is 313 g/mol. The van der Waals surface area contributed by atoms with Crippen LogP contribution in [0.1, 0.15) is 29.0 Å². The van der Waals surface area contributed by atoms with E-state index in [4.69, 9.17) is 0 Å². The molecule has 0 aromatic heterocycles. The molecule has 2 aromatic rings. The minimum atomic E-state index is -0.794. The van der Waals surface area contributed by atoms with Gasteiger partial charge in [0.1, 0.15) is 6.04 Å². The van der Waals surface area contributed by atoms with Crippen LogP contribution in [0.15, 0.2) is 47.4 Å². The van der Waals surface area contributed by atoms with Gasteiger partial charge in [-0.25, -0.2) is 4.79 Å². The highest BCUT2D eigenvalue weighted by molar-refractivity contribution is 7.98. The van der Waals surface area contributed by atoms with E-state index in [0.717, 1.165) is 5.69 Å². The normalized spacial score (nSPS) is 20.1. The van der Waals surface area contributed by atoms with E-state index in [1.165, 1.54) is 21.6 Å². The number of hydrogen-bond acceptors (Lipinski definition) is 3. The number of aryl methyl sites for hydroxylation is 1. The number of carboxylic acids is 1. The second-order valence-electron chi connectivity index (χ2n) is 5.69. The summed E-state index contributed by atoms with van der Waals surface area (Å²) in [4.78, 5) is 12.7. The van der Waals surface area contributed by atoms with Crippen LogP contribution < -0.4 is 5.32 Å². The molecule has 0 aliphatic carbocycles. The number of hydrogen-bond donors (Lipinski definition) is 2. The van der Waals surface area contributed by atoms with Gasteiger partial charge in [0.25, 0.3) is 0 Å². The Bertz CT molecular complexity index is 697. The van der Waals surface area contributed by atoms with E-state index < -0.39 is 12.0 Å². The van der Waals surface area contributed by atoms with Gasteiger partial charge in [-0.05, 0) is 48.9 Å². The molecule has 2 atom stereocenters. The summed E-state index contributed by atoms with van der Waals surface area (Å²) in [5, 5.41) is 12.5. The maximum Gasteiger partial charge on any atom is 0.326 e. The molecule has 0 fully saturated rings. The van der Waals surface area contributed by atoms with Crippen LogP contribution in [0.25, 0.3) is 0 Å². The third kappa shape index (κ3) is 2.83. The van der Waals surface area contributed by atoms with Crippen LogP contribution in [-0.2, 0) is 4.79 Å². The van der Waals surface area contributed by atoms with Gasteiger partial charge in [-0.1, -0.05) is 29.8 Å². The molecule has 3 nitrogen and oxygen atoms in total. The van der Waals surface area contributed by atoms with Crippen molar-refractivity contribution in [2.75, 3.05) is 11.6 Å². The molecule has 0 radical (unpaired) electrons. The van der Waals surface area contributed by atoms with E-state index in [-0.39, 0.29) is 5.92 Å². The van der Waals surface area contributed by atoms with Crippen LogP contribution in [0.5, 0.6) is 0 Å². The summed E-state index contributed by atoms with van der Waals surface area (Å²) in [5.41, 5.74) is 4.50. The molecule has 0 saturated heterocycles. The van der Waals surface area contributed by atoms with Crippen molar-refractivity contribution in [3.8, 4) is 0 Å². The summed E-state index contributed by atoms with van der Waals surface area (Å²) in [5.74, 6) is -0.676. The Kier molecular flexibility index (Phi) is 4.12. The molecule has 1 aliphatic heterocycles. The van der Waals surface area contributed by atoms with Crippen molar-refractivity contribution in [2.24, 2.45) is 0 Å². The second-order valence-corrected chi connectivity index (χ2v) is 6.57. The second kappa shape index (κ2) is 6.05. The van der Waals surface area contributed by atoms with Crippen molar-refractivity contribution in [2.45, 2.75) is 30.2 Å². The Morgan fingerprint density at radius 2 is 1.95 bits per heavy atom. The minimum absolute atomic E-state index is 0.119. The molecule has 114 valence electrons. The molecular formula is C18H19NO2S. The lowest BCUT2D eigenvalue weighted by Gasteiger charge is -2.32. The number of rotatable bonds is 3. The highest BCUT2D eigenvalue weighted by Gasteiger charge is 2.31. The molecule has 4 heteroatoms. The van der Waals surface area contributed by atoms with Crippen molar-refractivity contribution in [3.63, 3.8) is 0 Å². The summed E-state index contributed by atoms with van der Waals surface area (Å²) in [7, 11) is 0. The number of carboxylic acid groups (broad SMARTS) is 1. The first-order valence-corrected chi connectivity index (χ1v) is 8.55. The van der Waals surface area contributed by atoms with Crippen molar-refractivity contribution >= 4 is 23.4 Å². The standard InChI is InChI=1S/C18H19NO2S/c1-11-3-8-16-15(9-11)14(10-17(19-16)18(20)21)12-4-6-13(22-2)7-5-12/h3-9,14,17,19H,10H2,1-2H3,(H,20,21). The summed E-state index contributed by atoms with van der Waals surface area (Å²) in [6, 6.07) is 14.1. The van der Waals surface area contributed by atoms with Gasteiger partial charge in [0.2, 0.25) is 0 Å². The molecule has 3 rings (SSSR count). The largest absolute Gasteiger partial charge is 0.480 e. The SMILES string of the molecule is CSc1ccc(C2CC(C(=O)O)Nc3ccc(C)cc32)cc1. The van der Waals surface area contributed by atoms with Crippen LogP contribution in [0.4, 0.5) is 5.69 Å². The first-order chi connectivity index (χ1) is 10.6. The fraction of sp³-hybridized carbons (Fsp3) is 0.278. The average Bonchev–Trinajstić information content (AvgIpc) is 2.54. The highest BCUT2D eigenvalue weighted by atomic mass is 32.2. The Hall–Kier alpha value is -1.94. The summed E-state index contributed by atoms with van der Waals surface area (Å²) in [6.07, 6.45) is 2.63. The Balaban J connectivity index is 2.04. The number of fused-ring (bicyclic) bond motifs is 1. The van der Waals surface area contributed by atoms with E-state index in [1.54, 1.807) is 11.8 Å². The molecule has 2 N–H and O–H groups in total. The zero-order valence-corrected chi connectivity index (χ0v) is 13.5. The lowest BCUT2D eigenvalue weighted by Crippen LogP contribution is -2.35. The molecule has 0 amide bonds. The van der Waals surface area contributed by atoms with Gasteiger partial charge in [-0.2, -0.15) is 0 Å². The van der Waals surface area contributed by atoms with E-state index >= 15 is 0 Å². The minimum Gasteiger partial charge on any atom is -0.480 e. The Morgan fingerprint density at radius 1 is 1.23 bits per heavy atom. The summed E-state index contributed by atoms with van der Waals surface area (Å²) >= 11 is 1.71. The van der Waals surface area contributed by atoms with Crippen LogP contribution >= 0.6 is 11.8 Å². The number of anilines is 1. The maximum atomic E-state index is 11.4. The van der Waals surface area contributed by atoms with Gasteiger partial charge in [0.15, 0.2) is 0 Å². The van der Waals surface area contributed by atoms with Crippen LogP contribution in [-0.4, -0.2) is 23.4 Å². The van der Waals surface area contributed by atoms with Gasteiger partial charge < -0.3 is 10.4 Å². The number of benzene rings is 2. The predicted molar refractivity (Wildman–Crippen MR) is 90.9 cm³/mol. The lowest BCUT2D eigenvalue weighted by atomic mass is 9.81. The summed E-state index contributed by atoms with van der Waals surface area (Å²) < 4.78 is 0.